The van der Waals surface area contributed by atoms with Gasteiger partial charge in [0.25, 0.3) is 5.91 Å². The van der Waals surface area contributed by atoms with Crippen molar-refractivity contribution in [1.29, 1.82) is 0 Å². The van der Waals surface area contributed by atoms with Gasteiger partial charge in [-0.1, -0.05) is 6.07 Å². The van der Waals surface area contributed by atoms with E-state index in [9.17, 15) is 14.7 Å². The number of carbonyl (C=O) groups is 2. The smallest absolute Gasteiger partial charge is 0.290 e. The molecule has 1 amide bonds. The van der Waals surface area contributed by atoms with Crippen LogP contribution in [0, 0.1) is 20.8 Å². The Hall–Kier alpha value is -3.26. The van der Waals surface area contributed by atoms with Gasteiger partial charge in [0.15, 0.2) is 5.76 Å². The first kappa shape index (κ1) is 19.1. The number of hydrogen-bond acceptors (Lipinski definition) is 7. The summed E-state index contributed by atoms with van der Waals surface area (Å²) in [5, 5.41) is 11.4. The lowest BCUT2D eigenvalue weighted by Crippen LogP contribution is -2.30. The number of Topliss-reactive ketones (excluding diaryl/α,β-unsaturated/α-hetero) is 1. The first-order valence-corrected chi connectivity index (χ1v) is 9.86. The number of carbonyl (C=O) groups excluding carboxylic acids is 2. The number of aryl methyl sites for hydroxylation is 3. The van der Waals surface area contributed by atoms with Crippen LogP contribution in [-0.4, -0.2) is 31.7 Å². The van der Waals surface area contributed by atoms with Gasteiger partial charge in [0.1, 0.15) is 17.6 Å². The molecule has 1 aliphatic rings. The van der Waals surface area contributed by atoms with Gasteiger partial charge in [-0.15, -0.1) is 11.3 Å². The first-order chi connectivity index (χ1) is 13.9. The largest absolute Gasteiger partial charge is 0.503 e. The molecule has 1 atom stereocenters. The van der Waals surface area contributed by atoms with E-state index >= 15 is 0 Å². The molecule has 0 bridgehead atoms. The third kappa shape index (κ3) is 3.36. The first-order valence-electron chi connectivity index (χ1n) is 9.05. The average molecular weight is 409 g/mol. The van der Waals surface area contributed by atoms with Gasteiger partial charge in [-0.2, -0.15) is 0 Å². The summed E-state index contributed by atoms with van der Waals surface area (Å²) in [6.45, 7) is 5.52. The standard InChI is InChI=1S/C21H19N3O4S/c1-11-6-7-15(28-11)17-16(18(25)20-12(2)23-13(3)29-20)19(26)21(27)24(17)10-14-5-4-8-22-9-14/h4-9,17,26H,10H2,1-3H3. The monoisotopic (exact) mass is 409 g/mol. The summed E-state index contributed by atoms with van der Waals surface area (Å²) < 4.78 is 5.76. The molecule has 0 saturated heterocycles. The van der Waals surface area contributed by atoms with E-state index in [0.717, 1.165) is 10.6 Å². The molecule has 8 heteroatoms. The van der Waals surface area contributed by atoms with Crippen molar-refractivity contribution < 1.29 is 19.1 Å². The summed E-state index contributed by atoms with van der Waals surface area (Å²) in [4.78, 5) is 36.5. The minimum Gasteiger partial charge on any atom is -0.503 e. The Morgan fingerprint density at radius 3 is 2.66 bits per heavy atom. The molecule has 29 heavy (non-hydrogen) atoms. The highest BCUT2D eigenvalue weighted by molar-refractivity contribution is 7.14. The fourth-order valence-electron chi connectivity index (χ4n) is 3.50. The molecule has 7 nitrogen and oxygen atoms in total. The highest BCUT2D eigenvalue weighted by Gasteiger charge is 2.46. The van der Waals surface area contributed by atoms with Crippen LogP contribution in [0.5, 0.6) is 0 Å². The van der Waals surface area contributed by atoms with Crippen LogP contribution in [0.25, 0.3) is 0 Å². The third-order valence-corrected chi connectivity index (χ3v) is 5.84. The highest BCUT2D eigenvalue weighted by atomic mass is 32.1. The van der Waals surface area contributed by atoms with Crippen molar-refractivity contribution >= 4 is 23.0 Å². The number of aliphatic hydroxyl groups excluding tert-OH is 1. The number of pyridine rings is 1. The molecule has 0 aromatic carbocycles. The van der Waals surface area contributed by atoms with Gasteiger partial charge >= 0.3 is 0 Å². The normalized spacial score (nSPS) is 16.7. The maximum atomic E-state index is 13.3. The number of ketones is 1. The molecule has 148 valence electrons. The summed E-state index contributed by atoms with van der Waals surface area (Å²) in [6.07, 6.45) is 3.29. The van der Waals surface area contributed by atoms with Crippen LogP contribution in [0.1, 0.15) is 43.5 Å². The molecular weight excluding hydrogens is 390 g/mol. The van der Waals surface area contributed by atoms with Gasteiger partial charge in [-0.3, -0.25) is 14.6 Å². The topological polar surface area (TPSA) is 96.5 Å². The quantitative estimate of drug-likeness (QED) is 0.643. The second kappa shape index (κ2) is 7.29. The Morgan fingerprint density at radius 2 is 2.07 bits per heavy atom. The predicted molar refractivity (Wildman–Crippen MR) is 107 cm³/mol. The van der Waals surface area contributed by atoms with Crippen LogP contribution >= 0.6 is 11.3 Å². The van der Waals surface area contributed by atoms with E-state index in [-0.39, 0.29) is 12.1 Å². The number of aromatic nitrogens is 2. The van der Waals surface area contributed by atoms with E-state index in [1.807, 2.05) is 13.0 Å². The maximum Gasteiger partial charge on any atom is 0.290 e. The maximum absolute atomic E-state index is 13.3. The Bertz CT molecular complexity index is 1130. The summed E-state index contributed by atoms with van der Waals surface area (Å²) in [6, 6.07) is 6.26. The fraction of sp³-hybridized carbons (Fsp3) is 0.238. The van der Waals surface area contributed by atoms with E-state index in [2.05, 4.69) is 9.97 Å². The highest BCUT2D eigenvalue weighted by Crippen LogP contribution is 2.41. The SMILES string of the molecule is Cc1ccc(C2C(C(=O)c3sc(C)nc3C)=C(O)C(=O)N2Cc2cccnc2)o1. The summed E-state index contributed by atoms with van der Waals surface area (Å²) in [5.41, 5.74) is 1.37. The van der Waals surface area contributed by atoms with Crippen LogP contribution in [0.3, 0.4) is 0 Å². The number of rotatable bonds is 5. The molecule has 0 saturated carbocycles. The molecule has 0 fully saturated rings. The molecule has 1 unspecified atom stereocenters. The molecule has 3 aromatic rings. The van der Waals surface area contributed by atoms with Crippen molar-refractivity contribution in [3.8, 4) is 0 Å². The predicted octanol–water partition coefficient (Wildman–Crippen LogP) is 3.83. The summed E-state index contributed by atoms with van der Waals surface area (Å²) in [5.74, 6) is -0.506. The fourth-order valence-corrected chi connectivity index (χ4v) is 4.37. The van der Waals surface area contributed by atoms with Gasteiger partial charge in [0.2, 0.25) is 5.78 Å². The van der Waals surface area contributed by atoms with Gasteiger partial charge in [0, 0.05) is 18.9 Å². The van der Waals surface area contributed by atoms with Crippen molar-refractivity contribution in [2.75, 3.05) is 0 Å². The minimum atomic E-state index is -0.828. The molecule has 0 radical (unpaired) electrons. The molecule has 1 N–H and O–H groups in total. The van der Waals surface area contributed by atoms with Crippen LogP contribution in [0.2, 0.25) is 0 Å². The van der Waals surface area contributed by atoms with E-state index in [4.69, 9.17) is 4.42 Å². The zero-order valence-corrected chi connectivity index (χ0v) is 17.0. The van der Waals surface area contributed by atoms with Gasteiger partial charge in [0.05, 0.1) is 21.2 Å². The zero-order valence-electron chi connectivity index (χ0n) is 16.2. The molecule has 4 rings (SSSR count). The van der Waals surface area contributed by atoms with Gasteiger partial charge in [-0.25, -0.2) is 4.98 Å². The number of furan rings is 1. The number of aliphatic hydroxyl groups is 1. The van der Waals surface area contributed by atoms with Crippen LogP contribution in [0.4, 0.5) is 0 Å². The number of thiazole rings is 1. The number of nitrogens with zero attached hydrogens (tertiary/aromatic N) is 3. The van der Waals surface area contributed by atoms with Crippen molar-refractivity contribution in [3.05, 3.63) is 80.7 Å². The van der Waals surface area contributed by atoms with Crippen molar-refractivity contribution in [3.63, 3.8) is 0 Å². The summed E-state index contributed by atoms with van der Waals surface area (Å²) in [7, 11) is 0. The zero-order chi connectivity index (χ0) is 20.7. The Balaban J connectivity index is 1.80. The van der Waals surface area contributed by atoms with Crippen LogP contribution in [0.15, 0.2) is 52.4 Å². The van der Waals surface area contributed by atoms with E-state index in [1.165, 1.54) is 16.2 Å². The average Bonchev–Trinajstić information content (AvgIpc) is 3.34. The summed E-state index contributed by atoms with van der Waals surface area (Å²) >= 11 is 1.24. The Morgan fingerprint density at radius 1 is 1.28 bits per heavy atom. The lowest BCUT2D eigenvalue weighted by Gasteiger charge is -2.24. The third-order valence-electron chi connectivity index (χ3n) is 4.76. The minimum absolute atomic E-state index is 0.0139. The molecule has 1 aliphatic heterocycles. The molecule has 0 spiro atoms. The van der Waals surface area contributed by atoms with E-state index in [0.29, 0.717) is 22.1 Å². The molecule has 0 aliphatic carbocycles. The van der Waals surface area contributed by atoms with E-state index < -0.39 is 23.5 Å². The number of hydrogen-bond donors (Lipinski definition) is 1. The van der Waals surface area contributed by atoms with Crippen molar-refractivity contribution in [2.24, 2.45) is 0 Å². The van der Waals surface area contributed by atoms with Gasteiger partial charge < -0.3 is 14.4 Å². The molecule has 3 aromatic heterocycles. The Kier molecular flexibility index (Phi) is 4.79. The molecular formula is C21H19N3O4S. The lowest BCUT2D eigenvalue weighted by atomic mass is 9.99. The second-order valence-corrected chi connectivity index (χ2v) is 8.09. The lowest BCUT2D eigenvalue weighted by molar-refractivity contribution is -0.130. The molecule has 4 heterocycles. The van der Waals surface area contributed by atoms with Crippen LogP contribution in [-0.2, 0) is 11.3 Å². The van der Waals surface area contributed by atoms with Crippen molar-refractivity contribution in [1.82, 2.24) is 14.9 Å². The van der Waals surface area contributed by atoms with Crippen molar-refractivity contribution in [2.45, 2.75) is 33.4 Å². The van der Waals surface area contributed by atoms with E-state index in [1.54, 1.807) is 44.4 Å². The van der Waals surface area contributed by atoms with Crippen LogP contribution < -0.4 is 0 Å². The Labute approximate surface area is 171 Å². The second-order valence-electron chi connectivity index (χ2n) is 6.88. The van der Waals surface area contributed by atoms with Gasteiger partial charge in [-0.05, 0) is 44.5 Å². The number of amides is 1.